The summed E-state index contributed by atoms with van der Waals surface area (Å²) in [5.74, 6) is 0.938. The van der Waals surface area contributed by atoms with Gasteiger partial charge in [0.1, 0.15) is 23.4 Å². The number of carbonyl (C=O) groups is 2. The van der Waals surface area contributed by atoms with Crippen LogP contribution in [0, 0.1) is 11.3 Å². The van der Waals surface area contributed by atoms with Crippen LogP contribution >= 0.6 is 0 Å². The minimum atomic E-state index is -0.489. The van der Waals surface area contributed by atoms with Crippen LogP contribution in [0.5, 0.6) is 11.5 Å². The third-order valence-corrected chi connectivity index (χ3v) is 6.57. The molecule has 28 heavy (non-hydrogen) atoms. The van der Waals surface area contributed by atoms with Crippen molar-refractivity contribution in [3.8, 4) is 11.5 Å². The summed E-state index contributed by atoms with van der Waals surface area (Å²) in [5.41, 5.74) is 3.07. The molecule has 2 aliphatic carbocycles. The molecule has 0 N–H and O–H groups in total. The largest absolute Gasteiger partial charge is 0.497 e. The molecule has 5 nitrogen and oxygen atoms in total. The van der Waals surface area contributed by atoms with Crippen LogP contribution in [0.4, 0.5) is 0 Å². The van der Waals surface area contributed by atoms with Gasteiger partial charge in [-0.15, -0.1) is 0 Å². The molecule has 148 valence electrons. The van der Waals surface area contributed by atoms with E-state index in [0.29, 0.717) is 23.5 Å². The number of ether oxygens (including phenoxy) is 3. The number of fused-ring (bicyclic) bond motifs is 3. The van der Waals surface area contributed by atoms with E-state index < -0.39 is 5.41 Å². The highest BCUT2D eigenvalue weighted by Gasteiger charge is 2.56. The Labute approximate surface area is 165 Å². The molecule has 1 aliphatic heterocycles. The lowest BCUT2D eigenvalue weighted by Crippen LogP contribution is -2.46. The van der Waals surface area contributed by atoms with Gasteiger partial charge in [0.2, 0.25) is 0 Å². The molecule has 0 radical (unpaired) electrons. The monoisotopic (exact) mass is 382 g/mol. The number of rotatable bonds is 3. The third-order valence-electron chi connectivity index (χ3n) is 6.57. The van der Waals surface area contributed by atoms with Crippen molar-refractivity contribution in [3.63, 3.8) is 0 Å². The molecule has 1 heterocycles. The molecule has 1 saturated carbocycles. The molecule has 0 unspecified atom stereocenters. The first-order chi connectivity index (χ1) is 13.4. The highest BCUT2D eigenvalue weighted by Crippen LogP contribution is 2.54. The molecule has 5 heteroatoms. The Balaban J connectivity index is 1.77. The summed E-state index contributed by atoms with van der Waals surface area (Å²) in [6.07, 6.45) is 4.63. The summed E-state index contributed by atoms with van der Waals surface area (Å²) in [6, 6.07) is 5.45. The Morgan fingerprint density at radius 1 is 1.21 bits per heavy atom. The minimum Gasteiger partial charge on any atom is -0.497 e. The van der Waals surface area contributed by atoms with Crippen LogP contribution in [-0.4, -0.2) is 32.1 Å². The number of esters is 1. The standard InChI is InChI=1S/C23H26O5/c1-13-6-5-9-23(2)19(24)12-16-17(22(25)28-21(16)20(13)23)10-14-7-8-15(26-3)11-18(14)27-4/h7-8,10-11,16,21H,5-6,9,12H2,1-4H3/b17-10+/t16-,21+,23+/m0/s1. The molecule has 0 bridgehead atoms. The molecule has 4 rings (SSSR count). The molecular formula is C23H26O5. The smallest absolute Gasteiger partial charge is 0.335 e. The van der Waals surface area contributed by atoms with E-state index in [2.05, 4.69) is 6.92 Å². The number of hydrogen-bond donors (Lipinski definition) is 0. The summed E-state index contributed by atoms with van der Waals surface area (Å²) >= 11 is 0. The lowest BCUT2D eigenvalue weighted by Gasteiger charge is -2.44. The first kappa shape index (κ1) is 18.8. The maximum atomic E-state index is 13.1. The average Bonchev–Trinajstić information content (AvgIpc) is 2.97. The second kappa shape index (κ2) is 6.80. The molecular weight excluding hydrogens is 356 g/mol. The van der Waals surface area contributed by atoms with E-state index in [4.69, 9.17) is 14.2 Å². The Kier molecular flexibility index (Phi) is 4.56. The van der Waals surface area contributed by atoms with E-state index in [9.17, 15) is 9.59 Å². The number of hydrogen-bond acceptors (Lipinski definition) is 5. The fourth-order valence-corrected chi connectivity index (χ4v) is 5.05. The zero-order valence-corrected chi connectivity index (χ0v) is 16.8. The Bertz CT molecular complexity index is 910. The normalized spacial score (nSPS) is 30.8. The van der Waals surface area contributed by atoms with E-state index in [1.54, 1.807) is 26.4 Å². The molecule has 0 aromatic heterocycles. The second-order valence-electron chi connectivity index (χ2n) is 8.15. The first-order valence-corrected chi connectivity index (χ1v) is 9.77. The highest BCUT2D eigenvalue weighted by atomic mass is 16.6. The number of ketones is 1. The fourth-order valence-electron chi connectivity index (χ4n) is 5.05. The van der Waals surface area contributed by atoms with Crippen LogP contribution < -0.4 is 9.47 Å². The van der Waals surface area contributed by atoms with Crippen molar-refractivity contribution in [2.75, 3.05) is 14.2 Å². The maximum Gasteiger partial charge on any atom is 0.335 e. The fraction of sp³-hybridized carbons (Fsp3) is 0.478. The molecule has 1 saturated heterocycles. The minimum absolute atomic E-state index is 0.216. The zero-order valence-electron chi connectivity index (χ0n) is 16.8. The summed E-state index contributed by atoms with van der Waals surface area (Å²) in [4.78, 5) is 25.9. The van der Waals surface area contributed by atoms with Gasteiger partial charge in [0, 0.05) is 29.5 Å². The Morgan fingerprint density at radius 3 is 2.71 bits per heavy atom. The average molecular weight is 382 g/mol. The highest BCUT2D eigenvalue weighted by molar-refractivity contribution is 6.01. The summed E-state index contributed by atoms with van der Waals surface area (Å²) < 4.78 is 16.5. The maximum absolute atomic E-state index is 13.1. The lowest BCUT2D eigenvalue weighted by molar-refractivity contribution is -0.141. The van der Waals surface area contributed by atoms with E-state index >= 15 is 0 Å². The number of methoxy groups -OCH3 is 2. The number of Topliss-reactive ketones (excluding diaryl/α,β-unsaturated/α-hetero) is 1. The first-order valence-electron chi connectivity index (χ1n) is 9.77. The van der Waals surface area contributed by atoms with Gasteiger partial charge in [0.05, 0.1) is 19.6 Å². The SMILES string of the molecule is COc1ccc(/C=C2/C(=O)O[C@H]3C4=C(C)CCC[C@]4(C)C(=O)C[C@@H]23)c(OC)c1. The molecule has 0 amide bonds. The van der Waals surface area contributed by atoms with Crippen molar-refractivity contribution in [2.24, 2.45) is 11.3 Å². The van der Waals surface area contributed by atoms with Crippen molar-refractivity contribution in [1.29, 1.82) is 0 Å². The summed E-state index contributed by atoms with van der Waals surface area (Å²) in [6.45, 7) is 4.09. The van der Waals surface area contributed by atoms with Gasteiger partial charge in [-0.2, -0.15) is 0 Å². The molecule has 1 aromatic carbocycles. The van der Waals surface area contributed by atoms with E-state index in [1.807, 2.05) is 19.1 Å². The van der Waals surface area contributed by atoms with Crippen molar-refractivity contribution in [1.82, 2.24) is 0 Å². The van der Waals surface area contributed by atoms with Gasteiger partial charge in [-0.3, -0.25) is 4.79 Å². The van der Waals surface area contributed by atoms with Crippen molar-refractivity contribution in [2.45, 2.75) is 45.6 Å². The molecule has 2 fully saturated rings. The lowest BCUT2D eigenvalue weighted by atomic mass is 9.59. The van der Waals surface area contributed by atoms with Crippen LogP contribution in [0.3, 0.4) is 0 Å². The topological polar surface area (TPSA) is 61.8 Å². The Hall–Kier alpha value is -2.56. The predicted octanol–water partition coefficient (Wildman–Crippen LogP) is 4.11. The summed E-state index contributed by atoms with van der Waals surface area (Å²) in [5, 5.41) is 0. The van der Waals surface area contributed by atoms with Gasteiger partial charge >= 0.3 is 5.97 Å². The Morgan fingerprint density at radius 2 is 2.00 bits per heavy atom. The third kappa shape index (κ3) is 2.76. The van der Waals surface area contributed by atoms with Crippen LogP contribution in [0.25, 0.3) is 6.08 Å². The van der Waals surface area contributed by atoms with Gasteiger partial charge in [0.25, 0.3) is 0 Å². The number of allylic oxidation sites excluding steroid dienone is 1. The zero-order chi connectivity index (χ0) is 20.1. The van der Waals surface area contributed by atoms with Crippen LogP contribution in [0.1, 0.15) is 45.1 Å². The molecule has 3 atom stereocenters. The van der Waals surface area contributed by atoms with Crippen molar-refractivity contribution < 1.29 is 23.8 Å². The molecule has 1 aromatic rings. The van der Waals surface area contributed by atoms with Gasteiger partial charge < -0.3 is 14.2 Å². The van der Waals surface area contributed by atoms with Gasteiger partial charge in [-0.1, -0.05) is 5.57 Å². The molecule has 0 spiro atoms. The number of benzene rings is 1. The van der Waals surface area contributed by atoms with Crippen LogP contribution in [0.2, 0.25) is 0 Å². The van der Waals surface area contributed by atoms with E-state index in [-0.39, 0.29) is 23.8 Å². The summed E-state index contributed by atoms with van der Waals surface area (Å²) in [7, 11) is 3.18. The number of carbonyl (C=O) groups excluding carboxylic acids is 2. The van der Waals surface area contributed by atoms with E-state index in [1.165, 1.54) is 5.57 Å². The van der Waals surface area contributed by atoms with Crippen LogP contribution in [0.15, 0.2) is 34.9 Å². The van der Waals surface area contributed by atoms with E-state index in [0.717, 1.165) is 30.4 Å². The van der Waals surface area contributed by atoms with Crippen LogP contribution in [-0.2, 0) is 14.3 Å². The quantitative estimate of drug-likeness (QED) is 0.447. The van der Waals surface area contributed by atoms with Crippen molar-refractivity contribution >= 4 is 17.8 Å². The van der Waals surface area contributed by atoms with Gasteiger partial charge in [-0.05, 0) is 56.9 Å². The molecule has 3 aliphatic rings. The predicted molar refractivity (Wildman–Crippen MR) is 105 cm³/mol. The van der Waals surface area contributed by atoms with Gasteiger partial charge in [-0.25, -0.2) is 4.79 Å². The van der Waals surface area contributed by atoms with Crippen molar-refractivity contribution in [3.05, 3.63) is 40.5 Å². The van der Waals surface area contributed by atoms with Gasteiger partial charge in [0.15, 0.2) is 0 Å². The second-order valence-corrected chi connectivity index (χ2v) is 8.15.